The maximum Gasteiger partial charge on any atom is 0.0788 e. The lowest BCUT2D eigenvalue weighted by Crippen LogP contribution is -2.18. The normalized spacial score (nSPS) is 20.1. The summed E-state index contributed by atoms with van der Waals surface area (Å²) in [5.41, 5.74) is 2.50. The molecule has 2 rings (SSSR count). The van der Waals surface area contributed by atoms with Crippen LogP contribution in [0.25, 0.3) is 0 Å². The van der Waals surface area contributed by atoms with Gasteiger partial charge in [-0.3, -0.25) is 4.90 Å². The highest BCUT2D eigenvalue weighted by molar-refractivity contribution is 6.30. The van der Waals surface area contributed by atoms with Gasteiger partial charge in [-0.2, -0.15) is 0 Å². The van der Waals surface area contributed by atoms with Crippen LogP contribution < -0.4 is 0 Å². The van der Waals surface area contributed by atoms with Gasteiger partial charge in [0, 0.05) is 24.7 Å². The second kappa shape index (κ2) is 5.48. The maximum absolute atomic E-state index is 8.96. The largest absolute Gasteiger partial charge is 0.391 e. The van der Waals surface area contributed by atoms with Gasteiger partial charge in [0.1, 0.15) is 0 Å². The second-order valence-electron chi connectivity index (χ2n) is 4.11. The standard InChI is InChI=1S/C13H16ClNO/c14-13(10-16)12-6-7-15(9-12)8-11-4-2-1-3-5-11/h1-5,16H,6-10H2. The first-order valence-electron chi connectivity index (χ1n) is 5.53. The van der Waals surface area contributed by atoms with Gasteiger partial charge in [-0.15, -0.1) is 0 Å². The molecular weight excluding hydrogens is 222 g/mol. The minimum Gasteiger partial charge on any atom is -0.391 e. The average Bonchev–Trinajstić information content (AvgIpc) is 2.78. The molecule has 0 bridgehead atoms. The smallest absolute Gasteiger partial charge is 0.0788 e. The highest BCUT2D eigenvalue weighted by atomic mass is 35.5. The zero-order chi connectivity index (χ0) is 11.4. The van der Waals surface area contributed by atoms with E-state index < -0.39 is 0 Å². The monoisotopic (exact) mass is 237 g/mol. The fourth-order valence-corrected chi connectivity index (χ4v) is 2.19. The summed E-state index contributed by atoms with van der Waals surface area (Å²) in [6.45, 7) is 2.84. The molecule has 0 radical (unpaired) electrons. The Labute approximate surface area is 101 Å². The Morgan fingerprint density at radius 3 is 2.75 bits per heavy atom. The van der Waals surface area contributed by atoms with Crippen LogP contribution in [0.2, 0.25) is 0 Å². The van der Waals surface area contributed by atoms with E-state index in [1.807, 2.05) is 6.07 Å². The highest BCUT2D eigenvalue weighted by Crippen LogP contribution is 2.22. The SMILES string of the molecule is OCC(Cl)=C1CCN(Cc2ccccc2)C1. The van der Waals surface area contributed by atoms with Crippen molar-refractivity contribution in [2.45, 2.75) is 13.0 Å². The number of aliphatic hydroxyl groups excluding tert-OH is 1. The Hall–Kier alpha value is -0.830. The minimum absolute atomic E-state index is 0.0317. The number of rotatable bonds is 3. The first-order chi connectivity index (χ1) is 7.79. The van der Waals surface area contributed by atoms with Crippen molar-refractivity contribution in [1.82, 2.24) is 4.90 Å². The van der Waals surface area contributed by atoms with Gasteiger partial charge in [-0.1, -0.05) is 41.9 Å². The molecule has 1 aromatic rings. The van der Waals surface area contributed by atoms with Crippen LogP contribution >= 0.6 is 11.6 Å². The van der Waals surface area contributed by atoms with Crippen LogP contribution in [0.15, 0.2) is 40.9 Å². The summed E-state index contributed by atoms with van der Waals surface area (Å²) in [5, 5.41) is 9.58. The maximum atomic E-state index is 8.96. The molecule has 1 aliphatic rings. The van der Waals surface area contributed by atoms with Crippen molar-refractivity contribution in [3.8, 4) is 0 Å². The summed E-state index contributed by atoms with van der Waals surface area (Å²) in [6.07, 6.45) is 0.978. The molecule has 1 saturated heterocycles. The number of hydrogen-bond donors (Lipinski definition) is 1. The molecule has 1 heterocycles. The van der Waals surface area contributed by atoms with Crippen LogP contribution in [0.4, 0.5) is 0 Å². The van der Waals surface area contributed by atoms with Crippen LogP contribution in [-0.2, 0) is 6.54 Å². The molecule has 2 nitrogen and oxygen atoms in total. The molecule has 3 heteroatoms. The van der Waals surface area contributed by atoms with Crippen LogP contribution in [0.1, 0.15) is 12.0 Å². The predicted molar refractivity (Wildman–Crippen MR) is 66.3 cm³/mol. The molecule has 1 aromatic carbocycles. The molecule has 86 valence electrons. The lowest BCUT2D eigenvalue weighted by molar-refractivity contribution is 0.331. The van der Waals surface area contributed by atoms with Crippen LogP contribution in [0, 0.1) is 0 Å². The van der Waals surface area contributed by atoms with E-state index >= 15 is 0 Å². The highest BCUT2D eigenvalue weighted by Gasteiger charge is 2.18. The molecule has 1 fully saturated rings. The van der Waals surface area contributed by atoms with E-state index in [-0.39, 0.29) is 6.61 Å². The number of aliphatic hydroxyl groups is 1. The Balaban J connectivity index is 1.95. The molecular formula is C13H16ClNO. The van der Waals surface area contributed by atoms with Crippen molar-refractivity contribution >= 4 is 11.6 Å². The zero-order valence-electron chi connectivity index (χ0n) is 9.19. The first-order valence-corrected chi connectivity index (χ1v) is 5.91. The third kappa shape index (κ3) is 2.85. The number of likely N-dealkylation sites (tertiary alicyclic amines) is 1. The van der Waals surface area contributed by atoms with E-state index in [0.717, 1.165) is 26.1 Å². The van der Waals surface area contributed by atoms with Gasteiger partial charge >= 0.3 is 0 Å². The van der Waals surface area contributed by atoms with Crippen molar-refractivity contribution in [3.63, 3.8) is 0 Å². The number of halogens is 1. The van der Waals surface area contributed by atoms with Crippen molar-refractivity contribution < 1.29 is 5.11 Å². The summed E-state index contributed by atoms with van der Waals surface area (Å²) in [7, 11) is 0. The van der Waals surface area contributed by atoms with Gasteiger partial charge in [0.05, 0.1) is 6.61 Å². The summed E-state index contributed by atoms with van der Waals surface area (Å²) >= 11 is 5.94. The third-order valence-electron chi connectivity index (χ3n) is 2.92. The lowest BCUT2D eigenvalue weighted by atomic mass is 10.2. The number of benzene rings is 1. The topological polar surface area (TPSA) is 23.5 Å². The van der Waals surface area contributed by atoms with E-state index in [1.165, 1.54) is 11.1 Å². The van der Waals surface area contributed by atoms with Crippen LogP contribution in [0.3, 0.4) is 0 Å². The predicted octanol–water partition coefficient (Wildman–Crippen LogP) is 2.38. The molecule has 1 N–H and O–H groups in total. The third-order valence-corrected chi connectivity index (χ3v) is 3.30. The molecule has 0 saturated carbocycles. The summed E-state index contributed by atoms with van der Waals surface area (Å²) in [4.78, 5) is 2.35. The van der Waals surface area contributed by atoms with E-state index in [2.05, 4.69) is 29.2 Å². The Morgan fingerprint density at radius 1 is 1.31 bits per heavy atom. The van der Waals surface area contributed by atoms with Crippen molar-refractivity contribution in [2.75, 3.05) is 19.7 Å². The summed E-state index contributed by atoms with van der Waals surface area (Å²) in [6, 6.07) is 10.4. The molecule has 16 heavy (non-hydrogen) atoms. The molecule has 0 unspecified atom stereocenters. The quantitative estimate of drug-likeness (QED) is 0.873. The molecule has 0 aromatic heterocycles. The Morgan fingerprint density at radius 2 is 2.06 bits per heavy atom. The minimum atomic E-state index is -0.0317. The van der Waals surface area contributed by atoms with Crippen molar-refractivity contribution in [1.29, 1.82) is 0 Å². The van der Waals surface area contributed by atoms with E-state index in [0.29, 0.717) is 5.03 Å². The van der Waals surface area contributed by atoms with Crippen molar-refractivity contribution in [2.24, 2.45) is 0 Å². The van der Waals surface area contributed by atoms with Gasteiger partial charge in [0.2, 0.25) is 0 Å². The molecule has 0 aliphatic carbocycles. The molecule has 0 spiro atoms. The van der Waals surface area contributed by atoms with E-state index in [9.17, 15) is 0 Å². The van der Waals surface area contributed by atoms with Crippen molar-refractivity contribution in [3.05, 3.63) is 46.5 Å². The number of hydrogen-bond acceptors (Lipinski definition) is 2. The fraction of sp³-hybridized carbons (Fsp3) is 0.385. The average molecular weight is 238 g/mol. The van der Waals surface area contributed by atoms with Crippen LogP contribution in [-0.4, -0.2) is 29.7 Å². The fourth-order valence-electron chi connectivity index (χ4n) is 2.03. The summed E-state index contributed by atoms with van der Waals surface area (Å²) in [5.74, 6) is 0. The van der Waals surface area contributed by atoms with E-state index in [1.54, 1.807) is 0 Å². The van der Waals surface area contributed by atoms with Gasteiger partial charge < -0.3 is 5.11 Å². The van der Waals surface area contributed by atoms with Gasteiger partial charge in [0.25, 0.3) is 0 Å². The summed E-state index contributed by atoms with van der Waals surface area (Å²) < 4.78 is 0. The Bertz CT molecular complexity index is 375. The number of nitrogens with zero attached hydrogens (tertiary/aromatic N) is 1. The molecule has 0 atom stereocenters. The molecule has 0 amide bonds. The van der Waals surface area contributed by atoms with Gasteiger partial charge in [-0.05, 0) is 17.6 Å². The zero-order valence-corrected chi connectivity index (χ0v) is 9.95. The van der Waals surface area contributed by atoms with Gasteiger partial charge in [-0.25, -0.2) is 0 Å². The van der Waals surface area contributed by atoms with E-state index in [4.69, 9.17) is 16.7 Å². The van der Waals surface area contributed by atoms with Gasteiger partial charge in [0.15, 0.2) is 0 Å². The first kappa shape index (κ1) is 11.6. The Kier molecular flexibility index (Phi) is 3.99. The van der Waals surface area contributed by atoms with Crippen LogP contribution in [0.5, 0.6) is 0 Å². The second-order valence-corrected chi connectivity index (χ2v) is 4.57. The lowest BCUT2D eigenvalue weighted by Gasteiger charge is -2.14. The molecule has 1 aliphatic heterocycles.